The monoisotopic (exact) mass is 434 g/mol. The second kappa shape index (κ2) is 25.8. The van der Waals surface area contributed by atoms with Crippen LogP contribution in [0, 0.1) is 0 Å². The Morgan fingerprint density at radius 3 is 0.633 bits per heavy atom. The first kappa shape index (κ1) is 37.5. The number of carboxylic acids is 4. The van der Waals surface area contributed by atoms with E-state index in [1.54, 1.807) is 0 Å². The van der Waals surface area contributed by atoms with E-state index in [1.807, 2.05) is 0 Å². The fraction of sp³-hybridized carbons (Fsp3) is 0.400. The highest BCUT2D eigenvalue weighted by molar-refractivity contribution is 5.85. The second-order valence-electron chi connectivity index (χ2n) is 5.50. The summed E-state index contributed by atoms with van der Waals surface area (Å²) in [6.07, 6.45) is 1.44. The van der Waals surface area contributed by atoms with Crippen LogP contribution in [0.3, 0.4) is 0 Å². The molecule has 0 aliphatic carbocycles. The van der Waals surface area contributed by atoms with Crippen LogP contribution in [0.15, 0.2) is 48.6 Å². The normalized spacial score (nSPS) is 7.80. The summed E-state index contributed by atoms with van der Waals surface area (Å²) in [5.41, 5.74) is 0.704. The van der Waals surface area contributed by atoms with E-state index in [1.165, 1.54) is 27.7 Å². The van der Waals surface area contributed by atoms with E-state index in [4.69, 9.17) is 30.6 Å². The molecule has 0 bridgehead atoms. The van der Waals surface area contributed by atoms with Gasteiger partial charge in [0, 0.05) is 35.5 Å². The quantitative estimate of drug-likeness (QED) is 0.256. The Morgan fingerprint density at radius 1 is 0.500 bits per heavy atom. The third-order valence-corrected chi connectivity index (χ3v) is 2.03. The molecule has 174 valence electrons. The molecular formula is C20H34O10. The van der Waals surface area contributed by atoms with Crippen LogP contribution >= 0.6 is 0 Å². The van der Waals surface area contributed by atoms with Gasteiger partial charge in [-0.1, -0.05) is 26.3 Å². The van der Waals surface area contributed by atoms with E-state index in [2.05, 4.69) is 26.3 Å². The SMILES string of the molecule is C=C(C)C(=O)O.C=C(C)C(=O)O.C=C(C)C(=O)O.C=C(C)C(=O)O.OCCCCO. The number of hydrogen-bond acceptors (Lipinski definition) is 6. The van der Waals surface area contributed by atoms with Crippen LogP contribution in [-0.2, 0) is 19.2 Å². The Kier molecular flexibility index (Phi) is 32.2. The first-order chi connectivity index (χ1) is 13.5. The van der Waals surface area contributed by atoms with E-state index in [9.17, 15) is 19.2 Å². The van der Waals surface area contributed by atoms with E-state index in [-0.39, 0.29) is 35.5 Å². The van der Waals surface area contributed by atoms with Gasteiger partial charge in [-0.15, -0.1) is 0 Å². The van der Waals surface area contributed by atoms with Gasteiger partial charge >= 0.3 is 23.9 Å². The molecule has 10 heteroatoms. The molecule has 30 heavy (non-hydrogen) atoms. The van der Waals surface area contributed by atoms with Gasteiger partial charge in [-0.3, -0.25) is 0 Å². The van der Waals surface area contributed by atoms with Crippen LogP contribution in [0.5, 0.6) is 0 Å². The van der Waals surface area contributed by atoms with Crippen molar-refractivity contribution >= 4 is 23.9 Å². The van der Waals surface area contributed by atoms with E-state index >= 15 is 0 Å². The van der Waals surface area contributed by atoms with Gasteiger partial charge in [0.15, 0.2) is 0 Å². The average Bonchev–Trinajstić information content (AvgIpc) is 2.61. The van der Waals surface area contributed by atoms with Crippen LogP contribution in [0.1, 0.15) is 40.5 Å². The number of aliphatic carboxylic acids is 4. The zero-order valence-corrected chi connectivity index (χ0v) is 18.0. The highest BCUT2D eigenvalue weighted by atomic mass is 16.4. The number of rotatable bonds is 7. The van der Waals surface area contributed by atoms with Gasteiger partial charge in [-0.05, 0) is 40.5 Å². The molecule has 10 nitrogen and oxygen atoms in total. The van der Waals surface area contributed by atoms with Crippen molar-refractivity contribution < 1.29 is 49.8 Å². The van der Waals surface area contributed by atoms with Crippen molar-refractivity contribution in [2.24, 2.45) is 0 Å². The third-order valence-electron chi connectivity index (χ3n) is 2.03. The van der Waals surface area contributed by atoms with Crippen LogP contribution in [-0.4, -0.2) is 67.7 Å². The Bertz CT molecular complexity index is 440. The molecule has 0 amide bonds. The summed E-state index contributed by atoms with van der Waals surface area (Å²) < 4.78 is 0. The van der Waals surface area contributed by atoms with Crippen LogP contribution in [0.4, 0.5) is 0 Å². The van der Waals surface area contributed by atoms with Crippen LogP contribution in [0.2, 0.25) is 0 Å². The van der Waals surface area contributed by atoms with Gasteiger partial charge in [0.2, 0.25) is 0 Å². The highest BCUT2D eigenvalue weighted by Gasteiger charge is 1.91. The van der Waals surface area contributed by atoms with E-state index in [0.29, 0.717) is 0 Å². The highest BCUT2D eigenvalue weighted by Crippen LogP contribution is 1.82. The van der Waals surface area contributed by atoms with Gasteiger partial charge in [0.1, 0.15) is 0 Å². The molecule has 0 heterocycles. The van der Waals surface area contributed by atoms with Crippen molar-refractivity contribution in [3.63, 3.8) is 0 Å². The molecule has 0 saturated carbocycles. The molecule has 0 fully saturated rings. The molecule has 0 radical (unpaired) electrons. The lowest BCUT2D eigenvalue weighted by molar-refractivity contribution is -0.133. The zero-order valence-electron chi connectivity index (χ0n) is 18.0. The topological polar surface area (TPSA) is 190 Å². The van der Waals surface area contributed by atoms with E-state index in [0.717, 1.165) is 12.8 Å². The number of unbranched alkanes of at least 4 members (excludes halogenated alkanes) is 1. The first-order valence-electron chi connectivity index (χ1n) is 8.26. The third kappa shape index (κ3) is 56.3. The minimum absolute atomic E-state index is 0.176. The lowest BCUT2D eigenvalue weighted by Gasteiger charge is -1.85. The Balaban J connectivity index is -0.0000000868. The Hall–Kier alpha value is -3.24. The Labute approximate surface area is 176 Å². The Morgan fingerprint density at radius 2 is 0.600 bits per heavy atom. The van der Waals surface area contributed by atoms with Crippen molar-refractivity contribution in [3.8, 4) is 0 Å². The van der Waals surface area contributed by atoms with Gasteiger partial charge in [-0.2, -0.15) is 0 Å². The van der Waals surface area contributed by atoms with Crippen molar-refractivity contribution in [2.45, 2.75) is 40.5 Å². The molecule has 0 aliphatic heterocycles. The van der Waals surface area contributed by atoms with Crippen LogP contribution in [0.25, 0.3) is 0 Å². The number of carbonyl (C=O) groups is 4. The van der Waals surface area contributed by atoms with Crippen molar-refractivity contribution in [1.82, 2.24) is 0 Å². The summed E-state index contributed by atoms with van der Waals surface area (Å²) in [4.78, 5) is 38.4. The smallest absolute Gasteiger partial charge is 0.330 e. The lowest BCUT2D eigenvalue weighted by Crippen LogP contribution is -1.92. The average molecular weight is 434 g/mol. The molecule has 0 spiro atoms. The summed E-state index contributed by atoms with van der Waals surface area (Å²) in [6, 6.07) is 0. The summed E-state index contributed by atoms with van der Waals surface area (Å²) in [6.45, 7) is 18.8. The van der Waals surface area contributed by atoms with Crippen LogP contribution < -0.4 is 0 Å². The van der Waals surface area contributed by atoms with Crippen molar-refractivity contribution in [3.05, 3.63) is 48.6 Å². The predicted octanol–water partition coefficient (Wildman–Crippen LogP) is 2.34. The maximum Gasteiger partial charge on any atom is 0.330 e. The molecule has 0 aromatic heterocycles. The number of aliphatic hydroxyl groups is 2. The maximum absolute atomic E-state index is 9.60. The molecule has 6 N–H and O–H groups in total. The van der Waals surface area contributed by atoms with Gasteiger partial charge < -0.3 is 30.6 Å². The number of carboxylic acid groups (broad SMARTS) is 4. The first-order valence-corrected chi connectivity index (χ1v) is 8.26. The molecule has 0 rings (SSSR count). The molecule has 0 aliphatic rings. The standard InChI is InChI=1S/4C4H6O2.C4H10O2/c4*1-3(2)4(5)6;5-3-1-2-4-6/h4*1H2,2H3,(H,5,6);5-6H,1-4H2. The van der Waals surface area contributed by atoms with Gasteiger partial charge in [-0.25, -0.2) is 19.2 Å². The maximum atomic E-state index is 9.60. The van der Waals surface area contributed by atoms with Gasteiger partial charge in [0.05, 0.1) is 0 Å². The fourth-order valence-electron chi connectivity index (χ4n) is 0.224. The predicted molar refractivity (Wildman–Crippen MR) is 113 cm³/mol. The molecule has 0 saturated heterocycles. The summed E-state index contributed by atoms with van der Waals surface area (Å²) in [5, 5.41) is 47.7. The van der Waals surface area contributed by atoms with Gasteiger partial charge in [0.25, 0.3) is 0 Å². The summed E-state index contributed by atoms with van der Waals surface area (Å²) in [5.74, 6) is -3.74. The minimum Gasteiger partial charge on any atom is -0.478 e. The fourth-order valence-corrected chi connectivity index (χ4v) is 0.224. The number of hydrogen-bond donors (Lipinski definition) is 6. The summed E-state index contributed by atoms with van der Waals surface area (Å²) in [7, 11) is 0. The van der Waals surface area contributed by atoms with Crippen molar-refractivity contribution in [1.29, 1.82) is 0 Å². The summed E-state index contributed by atoms with van der Waals surface area (Å²) >= 11 is 0. The molecular weight excluding hydrogens is 400 g/mol. The minimum atomic E-state index is -0.935. The zero-order chi connectivity index (χ0) is 25.4. The number of aliphatic hydroxyl groups excluding tert-OH is 2. The molecule has 0 aromatic carbocycles. The second-order valence-corrected chi connectivity index (χ2v) is 5.50. The lowest BCUT2D eigenvalue weighted by atomic mass is 10.3. The van der Waals surface area contributed by atoms with Crippen molar-refractivity contribution in [2.75, 3.05) is 13.2 Å². The molecule has 0 atom stereocenters. The largest absolute Gasteiger partial charge is 0.478 e. The van der Waals surface area contributed by atoms with E-state index < -0.39 is 23.9 Å². The molecule has 0 unspecified atom stereocenters. The molecule has 0 aromatic rings.